The number of amides is 5. The minimum atomic E-state index is -1.08. The number of hydrogen-bond donors (Lipinski definition) is 3. The van der Waals surface area contributed by atoms with Gasteiger partial charge in [-0.25, -0.2) is 4.79 Å². The first kappa shape index (κ1) is 26.5. The quantitative estimate of drug-likeness (QED) is 0.351. The molecule has 3 N–H and O–H groups in total. The molecule has 38 heavy (non-hydrogen) atoms. The minimum absolute atomic E-state index is 0.0372. The van der Waals surface area contributed by atoms with Gasteiger partial charge >= 0.3 is 6.03 Å². The Labute approximate surface area is 220 Å². The van der Waals surface area contributed by atoms with Crippen LogP contribution < -0.4 is 20.7 Å². The van der Waals surface area contributed by atoms with Gasteiger partial charge in [0.25, 0.3) is 11.8 Å². The van der Waals surface area contributed by atoms with Gasteiger partial charge in [-0.1, -0.05) is 38.1 Å². The van der Waals surface area contributed by atoms with Crippen LogP contribution in [0.3, 0.4) is 0 Å². The van der Waals surface area contributed by atoms with E-state index in [9.17, 15) is 19.2 Å². The van der Waals surface area contributed by atoms with Gasteiger partial charge < -0.3 is 24.7 Å². The Bertz CT molecular complexity index is 1290. The SMILES string of the molecule is COc1ccc([C@H](C(=O)Nc2ccc(C(C)C)cc2)N(Cc2ccco2)C(=O)C[C@@H]2NC(=O)NC2=O)cc1. The molecule has 10 nitrogen and oxygen atoms in total. The Morgan fingerprint density at radius 2 is 1.71 bits per heavy atom. The molecular formula is C28H30N4O6. The highest BCUT2D eigenvalue weighted by Gasteiger charge is 2.37. The van der Waals surface area contributed by atoms with Crippen LogP contribution in [0, 0.1) is 0 Å². The zero-order chi connectivity index (χ0) is 27.2. The lowest BCUT2D eigenvalue weighted by Crippen LogP contribution is -2.44. The van der Waals surface area contributed by atoms with Crippen LogP contribution in [0.5, 0.6) is 5.75 Å². The fourth-order valence-corrected chi connectivity index (χ4v) is 4.21. The van der Waals surface area contributed by atoms with Gasteiger partial charge in [0.05, 0.1) is 26.3 Å². The largest absolute Gasteiger partial charge is 0.497 e. The molecule has 2 atom stereocenters. The monoisotopic (exact) mass is 518 g/mol. The van der Waals surface area contributed by atoms with Gasteiger partial charge in [-0.2, -0.15) is 0 Å². The molecule has 1 saturated heterocycles. The van der Waals surface area contributed by atoms with Crippen LogP contribution in [-0.2, 0) is 20.9 Å². The van der Waals surface area contributed by atoms with Crippen LogP contribution in [0.2, 0.25) is 0 Å². The zero-order valence-corrected chi connectivity index (χ0v) is 21.4. The summed E-state index contributed by atoms with van der Waals surface area (Å²) >= 11 is 0. The van der Waals surface area contributed by atoms with Gasteiger partial charge in [0.1, 0.15) is 23.6 Å². The topological polar surface area (TPSA) is 130 Å². The summed E-state index contributed by atoms with van der Waals surface area (Å²) in [6.45, 7) is 4.13. The fourth-order valence-electron chi connectivity index (χ4n) is 4.21. The van der Waals surface area contributed by atoms with Gasteiger partial charge in [-0.3, -0.25) is 19.7 Å². The predicted octanol–water partition coefficient (Wildman–Crippen LogP) is 3.72. The molecule has 4 rings (SSSR count). The lowest BCUT2D eigenvalue weighted by atomic mass is 10.0. The third-order valence-corrected chi connectivity index (χ3v) is 6.30. The maximum absolute atomic E-state index is 13.8. The van der Waals surface area contributed by atoms with Crippen molar-refractivity contribution in [3.63, 3.8) is 0 Å². The molecule has 1 aliphatic rings. The summed E-state index contributed by atoms with van der Waals surface area (Å²) in [6.07, 6.45) is 1.14. The Kier molecular flexibility index (Phi) is 8.10. The van der Waals surface area contributed by atoms with Gasteiger partial charge in [0.15, 0.2) is 0 Å². The zero-order valence-electron chi connectivity index (χ0n) is 21.4. The van der Waals surface area contributed by atoms with Gasteiger partial charge in [-0.05, 0) is 53.4 Å². The number of imide groups is 1. The summed E-state index contributed by atoms with van der Waals surface area (Å²) in [4.78, 5) is 52.5. The Morgan fingerprint density at radius 1 is 1.03 bits per heavy atom. The van der Waals surface area contributed by atoms with Crippen molar-refractivity contribution in [2.45, 2.75) is 44.8 Å². The number of carbonyl (C=O) groups excluding carboxylic acids is 4. The second kappa shape index (κ2) is 11.6. The highest BCUT2D eigenvalue weighted by Crippen LogP contribution is 2.28. The molecule has 0 spiro atoms. The number of carbonyl (C=O) groups is 4. The highest BCUT2D eigenvalue weighted by molar-refractivity contribution is 6.06. The first-order valence-electron chi connectivity index (χ1n) is 12.2. The third-order valence-electron chi connectivity index (χ3n) is 6.30. The van der Waals surface area contributed by atoms with Gasteiger partial charge in [0, 0.05) is 5.69 Å². The summed E-state index contributed by atoms with van der Waals surface area (Å²) in [5.74, 6) is -0.196. The predicted molar refractivity (Wildman–Crippen MR) is 139 cm³/mol. The van der Waals surface area contributed by atoms with Crippen molar-refractivity contribution in [3.8, 4) is 5.75 Å². The van der Waals surface area contributed by atoms with E-state index < -0.39 is 35.8 Å². The lowest BCUT2D eigenvalue weighted by molar-refractivity contribution is -0.141. The molecular weight excluding hydrogens is 488 g/mol. The lowest BCUT2D eigenvalue weighted by Gasteiger charge is -2.31. The van der Waals surface area contributed by atoms with E-state index in [4.69, 9.17) is 9.15 Å². The molecule has 2 aromatic carbocycles. The summed E-state index contributed by atoms with van der Waals surface area (Å²) in [5.41, 5.74) is 2.23. The molecule has 0 saturated carbocycles. The normalized spacial score (nSPS) is 15.5. The molecule has 1 aromatic heterocycles. The van der Waals surface area contributed by atoms with E-state index in [-0.39, 0.29) is 13.0 Å². The number of hydrogen-bond acceptors (Lipinski definition) is 6. The number of benzene rings is 2. The van der Waals surface area contributed by atoms with E-state index in [1.807, 2.05) is 24.3 Å². The number of urea groups is 1. The first-order valence-corrected chi connectivity index (χ1v) is 12.2. The Morgan fingerprint density at radius 3 is 2.26 bits per heavy atom. The fraction of sp³-hybridized carbons (Fsp3) is 0.286. The van der Waals surface area contributed by atoms with Crippen LogP contribution in [0.15, 0.2) is 71.3 Å². The van der Waals surface area contributed by atoms with E-state index >= 15 is 0 Å². The second-order valence-corrected chi connectivity index (χ2v) is 9.26. The number of ether oxygens (including phenoxy) is 1. The molecule has 0 radical (unpaired) electrons. The standard InChI is InChI=1S/C28H30N4O6/c1-17(2)18-6-10-20(11-7-18)29-27(35)25(19-8-12-21(37-3)13-9-19)32(16-22-5-4-14-38-22)24(33)15-23-26(34)31-28(36)30-23/h4-14,17,23,25H,15-16H2,1-3H3,(H,29,35)(H2,30,31,34,36)/t23-,25+/m0/s1. The van der Waals surface area contributed by atoms with E-state index in [2.05, 4.69) is 29.8 Å². The number of methoxy groups -OCH3 is 1. The summed E-state index contributed by atoms with van der Waals surface area (Å²) < 4.78 is 10.7. The number of nitrogens with zero attached hydrogens (tertiary/aromatic N) is 1. The second-order valence-electron chi connectivity index (χ2n) is 9.26. The van der Waals surface area contributed by atoms with Crippen molar-refractivity contribution in [1.82, 2.24) is 15.5 Å². The van der Waals surface area contributed by atoms with Crippen molar-refractivity contribution in [2.24, 2.45) is 0 Å². The third kappa shape index (κ3) is 6.20. The van der Waals surface area contributed by atoms with E-state index in [1.165, 1.54) is 18.3 Å². The van der Waals surface area contributed by atoms with Crippen LogP contribution in [0.4, 0.5) is 10.5 Å². The molecule has 0 unspecified atom stereocenters. The molecule has 0 bridgehead atoms. The van der Waals surface area contributed by atoms with Crippen molar-refractivity contribution < 1.29 is 28.3 Å². The molecule has 5 amide bonds. The first-order chi connectivity index (χ1) is 18.2. The molecule has 0 aliphatic carbocycles. The van der Waals surface area contributed by atoms with Crippen molar-refractivity contribution in [1.29, 1.82) is 0 Å². The number of anilines is 1. The van der Waals surface area contributed by atoms with Gasteiger partial charge in [-0.15, -0.1) is 0 Å². The maximum atomic E-state index is 13.8. The molecule has 198 valence electrons. The maximum Gasteiger partial charge on any atom is 0.322 e. The molecule has 2 heterocycles. The molecule has 3 aromatic rings. The van der Waals surface area contributed by atoms with Gasteiger partial charge in [0.2, 0.25) is 5.91 Å². The molecule has 1 fully saturated rings. The highest BCUT2D eigenvalue weighted by atomic mass is 16.5. The number of rotatable bonds is 10. The Balaban J connectivity index is 1.68. The van der Waals surface area contributed by atoms with Crippen molar-refractivity contribution >= 4 is 29.4 Å². The average molecular weight is 519 g/mol. The summed E-state index contributed by atoms with van der Waals surface area (Å²) in [5, 5.41) is 7.48. The molecule has 1 aliphatic heterocycles. The van der Waals surface area contributed by atoms with E-state index in [0.29, 0.717) is 28.7 Å². The average Bonchev–Trinajstić information content (AvgIpc) is 3.53. The van der Waals surface area contributed by atoms with E-state index in [0.717, 1.165) is 5.56 Å². The van der Waals surface area contributed by atoms with E-state index in [1.54, 1.807) is 36.4 Å². The minimum Gasteiger partial charge on any atom is -0.497 e. The van der Waals surface area contributed by atoms with Crippen molar-refractivity contribution in [3.05, 3.63) is 83.8 Å². The Hall–Kier alpha value is -4.60. The van der Waals surface area contributed by atoms with Crippen molar-refractivity contribution in [2.75, 3.05) is 12.4 Å². The smallest absolute Gasteiger partial charge is 0.322 e. The van der Waals surface area contributed by atoms with Crippen LogP contribution in [0.25, 0.3) is 0 Å². The van der Waals surface area contributed by atoms with Crippen LogP contribution >= 0.6 is 0 Å². The van der Waals surface area contributed by atoms with Crippen LogP contribution in [0.1, 0.15) is 49.1 Å². The summed E-state index contributed by atoms with van der Waals surface area (Å²) in [6, 6.07) is 14.9. The number of nitrogens with one attached hydrogen (secondary N) is 3. The van der Waals surface area contributed by atoms with Crippen LogP contribution in [-0.4, -0.2) is 41.8 Å². The number of furan rings is 1. The summed E-state index contributed by atoms with van der Waals surface area (Å²) in [7, 11) is 1.54. The molecule has 10 heteroatoms.